The third kappa shape index (κ3) is 4.79. The van der Waals surface area contributed by atoms with E-state index in [2.05, 4.69) is 6.92 Å². The molecule has 0 heterocycles. The Morgan fingerprint density at radius 2 is 2.05 bits per heavy atom. The Bertz CT molecular complexity index is 386. The van der Waals surface area contributed by atoms with E-state index in [1.807, 2.05) is 30.3 Å². The van der Waals surface area contributed by atoms with Gasteiger partial charge in [0.25, 0.3) is 0 Å². The molecule has 0 aromatic heterocycles. The Morgan fingerprint density at radius 1 is 1.26 bits per heavy atom. The lowest BCUT2D eigenvalue weighted by molar-refractivity contribution is 0.0140. The number of carbonyl (C=O) groups is 1. The molecule has 19 heavy (non-hydrogen) atoms. The number of carbonyl (C=O) groups excluding carboxylic acids is 1. The van der Waals surface area contributed by atoms with E-state index in [9.17, 15) is 4.79 Å². The molecule has 0 saturated heterocycles. The van der Waals surface area contributed by atoms with Gasteiger partial charge in [0.1, 0.15) is 0 Å². The number of Topliss-reactive ketones (excluding diaryl/α,β-unsaturated/α-hetero) is 1. The van der Waals surface area contributed by atoms with Crippen LogP contribution in [0.25, 0.3) is 0 Å². The summed E-state index contributed by atoms with van der Waals surface area (Å²) in [7, 11) is 0. The second-order valence-corrected chi connectivity index (χ2v) is 5.66. The van der Waals surface area contributed by atoms with Crippen LogP contribution in [-0.2, 0) is 4.74 Å². The molecule has 1 saturated carbocycles. The molecule has 2 unspecified atom stereocenters. The molecule has 1 fully saturated rings. The molecule has 0 aliphatic heterocycles. The molecule has 0 amide bonds. The monoisotopic (exact) mass is 260 g/mol. The minimum absolute atomic E-state index is 0.223. The summed E-state index contributed by atoms with van der Waals surface area (Å²) in [6.45, 7) is 3.02. The molecule has 2 atom stereocenters. The van der Waals surface area contributed by atoms with Crippen molar-refractivity contribution in [2.45, 2.75) is 51.6 Å². The normalized spacial score (nSPS) is 23.2. The smallest absolute Gasteiger partial charge is 0.162 e. The van der Waals surface area contributed by atoms with Crippen molar-refractivity contribution >= 4 is 5.78 Å². The van der Waals surface area contributed by atoms with Crippen molar-refractivity contribution < 1.29 is 9.53 Å². The molecule has 1 aromatic carbocycles. The van der Waals surface area contributed by atoms with E-state index < -0.39 is 0 Å². The van der Waals surface area contributed by atoms with Crippen LogP contribution in [0.2, 0.25) is 0 Å². The molecule has 0 N–H and O–H groups in total. The third-order valence-electron chi connectivity index (χ3n) is 3.89. The van der Waals surface area contributed by atoms with Gasteiger partial charge in [0.2, 0.25) is 0 Å². The number of ketones is 1. The SMILES string of the molecule is CC1CCCC(OCCCC(=O)c2ccccc2)C1. The van der Waals surface area contributed by atoms with Gasteiger partial charge in [-0.3, -0.25) is 4.79 Å². The largest absolute Gasteiger partial charge is 0.378 e. The van der Waals surface area contributed by atoms with E-state index in [1.165, 1.54) is 25.7 Å². The Kier molecular flexibility index (Phi) is 5.59. The molecule has 104 valence electrons. The van der Waals surface area contributed by atoms with Gasteiger partial charge in [-0.15, -0.1) is 0 Å². The predicted molar refractivity (Wildman–Crippen MR) is 77.4 cm³/mol. The minimum Gasteiger partial charge on any atom is -0.378 e. The summed E-state index contributed by atoms with van der Waals surface area (Å²) >= 11 is 0. The summed E-state index contributed by atoms with van der Waals surface area (Å²) in [6.07, 6.45) is 6.85. The lowest BCUT2D eigenvalue weighted by Gasteiger charge is -2.26. The van der Waals surface area contributed by atoms with Crippen molar-refractivity contribution in [2.75, 3.05) is 6.61 Å². The van der Waals surface area contributed by atoms with Gasteiger partial charge in [-0.2, -0.15) is 0 Å². The van der Waals surface area contributed by atoms with E-state index in [4.69, 9.17) is 4.74 Å². The highest BCUT2D eigenvalue weighted by atomic mass is 16.5. The van der Waals surface area contributed by atoms with Crippen LogP contribution in [0.3, 0.4) is 0 Å². The fraction of sp³-hybridized carbons (Fsp3) is 0.588. The molecule has 0 spiro atoms. The zero-order chi connectivity index (χ0) is 13.5. The molecule has 1 aliphatic rings. The zero-order valence-electron chi connectivity index (χ0n) is 11.8. The average molecular weight is 260 g/mol. The van der Waals surface area contributed by atoms with Crippen molar-refractivity contribution in [2.24, 2.45) is 5.92 Å². The van der Waals surface area contributed by atoms with E-state index in [-0.39, 0.29) is 5.78 Å². The van der Waals surface area contributed by atoms with Crippen LogP contribution in [0.4, 0.5) is 0 Å². The highest BCUT2D eigenvalue weighted by Crippen LogP contribution is 2.25. The molecule has 0 radical (unpaired) electrons. The first-order valence-electron chi connectivity index (χ1n) is 7.45. The van der Waals surface area contributed by atoms with Crippen LogP contribution in [0.15, 0.2) is 30.3 Å². The minimum atomic E-state index is 0.223. The van der Waals surface area contributed by atoms with Crippen LogP contribution in [0.1, 0.15) is 55.8 Å². The maximum Gasteiger partial charge on any atom is 0.162 e. The fourth-order valence-electron chi connectivity index (χ4n) is 2.78. The number of hydrogen-bond acceptors (Lipinski definition) is 2. The zero-order valence-corrected chi connectivity index (χ0v) is 11.8. The number of hydrogen-bond donors (Lipinski definition) is 0. The molecule has 2 rings (SSSR count). The lowest BCUT2D eigenvalue weighted by atomic mass is 9.89. The van der Waals surface area contributed by atoms with Gasteiger partial charge < -0.3 is 4.74 Å². The molecule has 1 aromatic rings. The number of rotatable bonds is 6. The standard InChI is InChI=1S/C17H24O2/c1-14-7-5-10-16(13-14)19-12-6-11-17(18)15-8-3-2-4-9-15/h2-4,8-9,14,16H,5-7,10-13H2,1H3. The van der Waals surface area contributed by atoms with Crippen molar-refractivity contribution in [1.29, 1.82) is 0 Å². The van der Waals surface area contributed by atoms with Crippen LogP contribution >= 0.6 is 0 Å². The van der Waals surface area contributed by atoms with E-state index in [1.54, 1.807) is 0 Å². The Balaban J connectivity index is 1.63. The number of ether oxygens (including phenoxy) is 1. The van der Waals surface area contributed by atoms with E-state index in [0.717, 1.165) is 24.5 Å². The second kappa shape index (κ2) is 7.44. The molecule has 1 aliphatic carbocycles. The summed E-state index contributed by atoms with van der Waals surface area (Å²) in [6, 6.07) is 9.52. The van der Waals surface area contributed by atoms with Gasteiger partial charge in [-0.1, -0.05) is 50.1 Å². The fourth-order valence-corrected chi connectivity index (χ4v) is 2.78. The van der Waals surface area contributed by atoms with Gasteiger partial charge in [0.15, 0.2) is 5.78 Å². The van der Waals surface area contributed by atoms with Crippen molar-refractivity contribution in [3.63, 3.8) is 0 Å². The first-order valence-corrected chi connectivity index (χ1v) is 7.45. The van der Waals surface area contributed by atoms with Crippen LogP contribution in [-0.4, -0.2) is 18.5 Å². The Morgan fingerprint density at radius 3 is 2.79 bits per heavy atom. The highest BCUT2D eigenvalue weighted by Gasteiger charge is 2.19. The third-order valence-corrected chi connectivity index (χ3v) is 3.89. The second-order valence-electron chi connectivity index (χ2n) is 5.66. The summed E-state index contributed by atoms with van der Waals surface area (Å²) in [5.74, 6) is 1.02. The maximum absolute atomic E-state index is 11.9. The van der Waals surface area contributed by atoms with Gasteiger partial charge >= 0.3 is 0 Å². The van der Waals surface area contributed by atoms with Crippen LogP contribution < -0.4 is 0 Å². The molecular formula is C17H24O2. The molecule has 0 bridgehead atoms. The highest BCUT2D eigenvalue weighted by molar-refractivity contribution is 5.95. The van der Waals surface area contributed by atoms with Crippen molar-refractivity contribution in [3.05, 3.63) is 35.9 Å². The van der Waals surface area contributed by atoms with Gasteiger partial charge in [-0.05, 0) is 25.2 Å². The van der Waals surface area contributed by atoms with Crippen molar-refractivity contribution in [1.82, 2.24) is 0 Å². The predicted octanol–water partition coefficient (Wildman–Crippen LogP) is 4.24. The average Bonchev–Trinajstić information content (AvgIpc) is 2.44. The first-order chi connectivity index (χ1) is 9.25. The van der Waals surface area contributed by atoms with Crippen LogP contribution in [0.5, 0.6) is 0 Å². The van der Waals surface area contributed by atoms with E-state index >= 15 is 0 Å². The van der Waals surface area contributed by atoms with Gasteiger partial charge in [0, 0.05) is 18.6 Å². The van der Waals surface area contributed by atoms with Crippen molar-refractivity contribution in [3.8, 4) is 0 Å². The summed E-state index contributed by atoms with van der Waals surface area (Å²) < 4.78 is 5.89. The van der Waals surface area contributed by atoms with Gasteiger partial charge in [0.05, 0.1) is 6.10 Å². The Hall–Kier alpha value is -1.15. The molecule has 2 nitrogen and oxygen atoms in total. The molecular weight excluding hydrogens is 236 g/mol. The summed E-state index contributed by atoms with van der Waals surface area (Å²) in [5, 5.41) is 0. The maximum atomic E-state index is 11.9. The lowest BCUT2D eigenvalue weighted by Crippen LogP contribution is -2.22. The summed E-state index contributed by atoms with van der Waals surface area (Å²) in [4.78, 5) is 11.9. The summed E-state index contributed by atoms with van der Waals surface area (Å²) in [5.41, 5.74) is 0.814. The number of benzene rings is 1. The quantitative estimate of drug-likeness (QED) is 0.564. The van der Waals surface area contributed by atoms with Crippen LogP contribution in [0, 0.1) is 5.92 Å². The topological polar surface area (TPSA) is 26.3 Å². The first kappa shape index (κ1) is 14.3. The van der Waals surface area contributed by atoms with Gasteiger partial charge in [-0.25, -0.2) is 0 Å². The van der Waals surface area contributed by atoms with E-state index in [0.29, 0.717) is 12.5 Å². The molecule has 2 heteroatoms. The Labute approximate surface area is 116 Å².